The second-order valence-corrected chi connectivity index (χ2v) is 8.08. The Morgan fingerprint density at radius 2 is 1.57 bits per heavy atom. The van der Waals surface area contributed by atoms with Gasteiger partial charge in [-0.2, -0.15) is 0 Å². The summed E-state index contributed by atoms with van der Waals surface area (Å²) >= 11 is 0. The molecule has 0 radical (unpaired) electrons. The monoisotopic (exact) mass is 468 g/mol. The smallest absolute Gasteiger partial charge is 0.269 e. The third-order valence-corrected chi connectivity index (χ3v) is 5.24. The lowest BCUT2D eigenvalue weighted by Crippen LogP contribution is -2.40. The Balaban J connectivity index is 1.22. The fourth-order valence-electron chi connectivity index (χ4n) is 3.59. The maximum absolute atomic E-state index is 12.6. The van der Waals surface area contributed by atoms with Crippen LogP contribution in [0.25, 0.3) is 0 Å². The summed E-state index contributed by atoms with van der Waals surface area (Å²) in [5.41, 5.74) is 2.56. The molecular formula is C26H24N6O3. The van der Waals surface area contributed by atoms with Crippen molar-refractivity contribution >= 4 is 34.7 Å². The van der Waals surface area contributed by atoms with Crippen LogP contribution >= 0.6 is 0 Å². The number of carbonyl (C=O) groups is 1. The van der Waals surface area contributed by atoms with Gasteiger partial charge in [-0.25, -0.2) is 15.0 Å². The summed E-state index contributed by atoms with van der Waals surface area (Å²) in [5, 5.41) is 9.35. The van der Waals surface area contributed by atoms with E-state index in [4.69, 9.17) is 9.47 Å². The molecule has 3 heterocycles. The first kappa shape index (κ1) is 22.1. The molecule has 0 saturated heterocycles. The van der Waals surface area contributed by atoms with Crippen LogP contribution in [0.3, 0.4) is 0 Å². The van der Waals surface area contributed by atoms with Gasteiger partial charge in [0.05, 0.1) is 0 Å². The highest BCUT2D eigenvalue weighted by Crippen LogP contribution is 2.31. The maximum Gasteiger partial charge on any atom is 0.269 e. The molecular weight excluding hydrogens is 444 g/mol. The average molecular weight is 469 g/mol. The molecule has 0 aliphatic carbocycles. The molecule has 176 valence electrons. The fraction of sp³-hybridized carbons (Fsp3) is 0.154. The van der Waals surface area contributed by atoms with Gasteiger partial charge in [0.2, 0.25) is 6.10 Å². The third-order valence-electron chi connectivity index (χ3n) is 5.24. The van der Waals surface area contributed by atoms with Crippen molar-refractivity contribution in [2.75, 3.05) is 22.6 Å². The SMILES string of the molecule is Cc1ccnc(Nc2cc(Nc3ccc(NC(=O)C4COc5ccccc5O4)cc3)nc(C)n2)c1. The van der Waals surface area contributed by atoms with Crippen LogP contribution in [0, 0.1) is 13.8 Å². The number of ether oxygens (including phenoxy) is 2. The molecule has 0 spiro atoms. The number of benzene rings is 2. The standard InChI is InChI=1S/C26H24N6O3/c1-16-11-12-27-23(13-16)32-25-14-24(28-17(2)29-25)30-18-7-9-19(10-8-18)31-26(33)22-15-34-20-5-3-4-6-21(20)35-22/h3-14,22H,15H2,1-2H3,(H,31,33)(H2,27,28,29,30,32). The summed E-state index contributed by atoms with van der Waals surface area (Å²) in [6.07, 6.45) is 1.03. The molecule has 35 heavy (non-hydrogen) atoms. The van der Waals surface area contributed by atoms with Crippen molar-refractivity contribution in [1.29, 1.82) is 0 Å². The predicted octanol–water partition coefficient (Wildman–Crippen LogP) is 4.75. The Bertz CT molecular complexity index is 1360. The molecule has 0 fully saturated rings. The second-order valence-electron chi connectivity index (χ2n) is 8.08. The van der Waals surface area contributed by atoms with Gasteiger partial charge in [-0.3, -0.25) is 4.79 Å². The first-order valence-corrected chi connectivity index (χ1v) is 11.1. The summed E-state index contributed by atoms with van der Waals surface area (Å²) in [6, 6.07) is 20.3. The minimum absolute atomic E-state index is 0.157. The highest BCUT2D eigenvalue weighted by atomic mass is 16.6. The first-order chi connectivity index (χ1) is 17.0. The minimum atomic E-state index is -0.722. The van der Waals surface area contributed by atoms with E-state index in [1.807, 2.05) is 74.5 Å². The van der Waals surface area contributed by atoms with Crippen LogP contribution in [0.15, 0.2) is 72.9 Å². The molecule has 1 atom stereocenters. The van der Waals surface area contributed by atoms with Crippen molar-refractivity contribution in [2.24, 2.45) is 0 Å². The topological polar surface area (TPSA) is 110 Å². The Morgan fingerprint density at radius 1 is 0.857 bits per heavy atom. The number of anilines is 5. The van der Waals surface area contributed by atoms with Crippen molar-refractivity contribution in [3.05, 3.63) is 84.3 Å². The van der Waals surface area contributed by atoms with Crippen molar-refractivity contribution in [2.45, 2.75) is 20.0 Å². The lowest BCUT2D eigenvalue weighted by atomic mass is 10.2. The minimum Gasteiger partial charge on any atom is -0.485 e. The summed E-state index contributed by atoms with van der Waals surface area (Å²) in [5.74, 6) is 3.53. The van der Waals surface area contributed by atoms with Gasteiger partial charge in [0, 0.05) is 23.6 Å². The van der Waals surface area contributed by atoms with E-state index >= 15 is 0 Å². The van der Waals surface area contributed by atoms with E-state index in [0.717, 1.165) is 11.3 Å². The van der Waals surface area contributed by atoms with Crippen LogP contribution in [0.2, 0.25) is 0 Å². The quantitative estimate of drug-likeness (QED) is 0.372. The van der Waals surface area contributed by atoms with Gasteiger partial charge in [0.15, 0.2) is 11.5 Å². The number of aryl methyl sites for hydroxylation is 2. The van der Waals surface area contributed by atoms with Crippen molar-refractivity contribution in [1.82, 2.24) is 15.0 Å². The number of hydrogen-bond acceptors (Lipinski definition) is 8. The molecule has 4 aromatic rings. The number of amides is 1. The van der Waals surface area contributed by atoms with E-state index < -0.39 is 6.10 Å². The Morgan fingerprint density at radius 3 is 2.34 bits per heavy atom. The zero-order valence-corrected chi connectivity index (χ0v) is 19.3. The normalized spacial score (nSPS) is 14.2. The fourth-order valence-corrected chi connectivity index (χ4v) is 3.59. The number of nitrogens with one attached hydrogen (secondary N) is 3. The summed E-state index contributed by atoms with van der Waals surface area (Å²) in [4.78, 5) is 25.8. The first-order valence-electron chi connectivity index (χ1n) is 11.1. The van der Waals surface area contributed by atoms with Gasteiger partial charge in [-0.05, 0) is 67.9 Å². The van der Waals surface area contributed by atoms with Crippen LogP contribution in [0.4, 0.5) is 28.8 Å². The van der Waals surface area contributed by atoms with E-state index in [9.17, 15) is 4.79 Å². The number of hydrogen-bond donors (Lipinski definition) is 3. The third kappa shape index (κ3) is 5.47. The molecule has 5 rings (SSSR count). The molecule has 1 aliphatic heterocycles. The van der Waals surface area contributed by atoms with Crippen LogP contribution in [0.5, 0.6) is 11.5 Å². The summed E-state index contributed by atoms with van der Waals surface area (Å²) in [6.45, 7) is 3.99. The molecule has 9 nitrogen and oxygen atoms in total. The summed E-state index contributed by atoms with van der Waals surface area (Å²) < 4.78 is 11.4. The molecule has 2 aromatic carbocycles. The zero-order chi connectivity index (χ0) is 24.2. The van der Waals surface area contributed by atoms with Gasteiger partial charge >= 0.3 is 0 Å². The lowest BCUT2D eigenvalue weighted by molar-refractivity contribution is -0.125. The molecule has 1 unspecified atom stereocenters. The number of rotatable bonds is 6. The number of pyridine rings is 1. The number of para-hydroxylation sites is 2. The Hall–Kier alpha value is -4.66. The number of fused-ring (bicyclic) bond motifs is 1. The largest absolute Gasteiger partial charge is 0.485 e. The zero-order valence-electron chi connectivity index (χ0n) is 19.3. The molecule has 0 bridgehead atoms. The van der Waals surface area contributed by atoms with Crippen molar-refractivity contribution in [3.63, 3.8) is 0 Å². The van der Waals surface area contributed by atoms with Crippen molar-refractivity contribution < 1.29 is 14.3 Å². The molecule has 2 aromatic heterocycles. The van der Waals surface area contributed by atoms with Crippen LogP contribution in [-0.4, -0.2) is 33.6 Å². The van der Waals surface area contributed by atoms with E-state index in [-0.39, 0.29) is 12.5 Å². The average Bonchev–Trinajstić information content (AvgIpc) is 2.84. The van der Waals surface area contributed by atoms with E-state index in [1.165, 1.54) is 0 Å². The predicted molar refractivity (Wildman–Crippen MR) is 134 cm³/mol. The Kier molecular flexibility index (Phi) is 6.13. The van der Waals surface area contributed by atoms with Crippen molar-refractivity contribution in [3.8, 4) is 11.5 Å². The van der Waals surface area contributed by atoms with Gasteiger partial charge in [-0.1, -0.05) is 12.1 Å². The second kappa shape index (κ2) is 9.68. The van der Waals surface area contributed by atoms with E-state index in [0.29, 0.717) is 40.5 Å². The Labute approximate surface area is 202 Å². The number of carbonyl (C=O) groups excluding carboxylic acids is 1. The van der Waals surface area contributed by atoms with Gasteiger partial charge in [-0.15, -0.1) is 0 Å². The number of nitrogens with zero attached hydrogens (tertiary/aromatic N) is 3. The lowest BCUT2D eigenvalue weighted by Gasteiger charge is -2.25. The summed E-state index contributed by atoms with van der Waals surface area (Å²) in [7, 11) is 0. The molecule has 3 N–H and O–H groups in total. The van der Waals surface area contributed by atoms with Gasteiger partial charge in [0.1, 0.15) is 29.9 Å². The molecule has 1 amide bonds. The van der Waals surface area contributed by atoms with Crippen LogP contribution in [-0.2, 0) is 4.79 Å². The van der Waals surface area contributed by atoms with Crippen LogP contribution in [0.1, 0.15) is 11.4 Å². The van der Waals surface area contributed by atoms with E-state index in [2.05, 4.69) is 30.9 Å². The van der Waals surface area contributed by atoms with Crippen LogP contribution < -0.4 is 25.4 Å². The highest BCUT2D eigenvalue weighted by molar-refractivity contribution is 5.95. The maximum atomic E-state index is 12.6. The van der Waals surface area contributed by atoms with Gasteiger partial charge in [0.25, 0.3) is 5.91 Å². The molecule has 9 heteroatoms. The molecule has 1 aliphatic rings. The highest BCUT2D eigenvalue weighted by Gasteiger charge is 2.27. The van der Waals surface area contributed by atoms with Gasteiger partial charge < -0.3 is 25.4 Å². The number of aromatic nitrogens is 3. The van der Waals surface area contributed by atoms with E-state index in [1.54, 1.807) is 12.3 Å². The molecule has 0 saturated carbocycles.